The lowest BCUT2D eigenvalue weighted by Crippen LogP contribution is -2.33. The first-order chi connectivity index (χ1) is 17.3. The van der Waals surface area contributed by atoms with Crippen LogP contribution in [0.15, 0.2) is 48.5 Å². The molecule has 3 aromatic rings. The lowest BCUT2D eigenvalue weighted by atomic mass is 10.0. The number of nitrogens with zero attached hydrogens (tertiary/aromatic N) is 3. The van der Waals surface area contributed by atoms with Gasteiger partial charge in [-0.2, -0.15) is 0 Å². The third-order valence-corrected chi connectivity index (χ3v) is 6.90. The largest absolute Gasteiger partial charge is 0.462 e. The summed E-state index contributed by atoms with van der Waals surface area (Å²) in [5.41, 5.74) is 4.14. The van der Waals surface area contributed by atoms with E-state index in [1.807, 2.05) is 42.7 Å². The van der Waals surface area contributed by atoms with Crippen LogP contribution in [0.3, 0.4) is 0 Å². The number of amides is 1. The van der Waals surface area contributed by atoms with Crippen LogP contribution in [0.5, 0.6) is 0 Å². The quantitative estimate of drug-likeness (QED) is 0.516. The highest BCUT2D eigenvalue weighted by molar-refractivity contribution is 5.95. The maximum atomic E-state index is 13.8. The van der Waals surface area contributed by atoms with Gasteiger partial charge in [-0.15, -0.1) is 0 Å². The van der Waals surface area contributed by atoms with Crippen molar-refractivity contribution in [3.63, 3.8) is 0 Å². The molecule has 2 atom stereocenters. The van der Waals surface area contributed by atoms with E-state index in [4.69, 9.17) is 9.72 Å². The van der Waals surface area contributed by atoms with Crippen LogP contribution in [0.1, 0.15) is 66.3 Å². The number of fused-ring (bicyclic) bond motifs is 1. The van der Waals surface area contributed by atoms with Gasteiger partial charge in [-0.05, 0) is 41.3 Å². The van der Waals surface area contributed by atoms with Crippen molar-refractivity contribution in [1.82, 2.24) is 14.5 Å². The number of halogens is 1. The summed E-state index contributed by atoms with van der Waals surface area (Å²) in [6.45, 7) is 5.53. The molecule has 2 aliphatic rings. The molecular formula is C28H30FN3O4. The number of esters is 1. The second kappa shape index (κ2) is 9.85. The van der Waals surface area contributed by atoms with Crippen LogP contribution in [-0.4, -0.2) is 43.6 Å². The van der Waals surface area contributed by atoms with Crippen molar-refractivity contribution >= 4 is 11.9 Å². The van der Waals surface area contributed by atoms with Crippen LogP contribution in [0.4, 0.5) is 4.39 Å². The Balaban J connectivity index is 1.51. The number of hydrogen-bond acceptors (Lipinski definition) is 5. The van der Waals surface area contributed by atoms with E-state index in [2.05, 4.69) is 0 Å². The van der Waals surface area contributed by atoms with Crippen LogP contribution in [0.2, 0.25) is 0 Å². The molecule has 7 nitrogen and oxygen atoms in total. The van der Waals surface area contributed by atoms with Crippen molar-refractivity contribution in [2.45, 2.75) is 70.9 Å². The summed E-state index contributed by atoms with van der Waals surface area (Å²) in [5.74, 6) is -0.347. The average Bonchev–Trinajstić information content (AvgIpc) is 3.44. The van der Waals surface area contributed by atoms with Gasteiger partial charge in [-0.25, -0.2) is 9.37 Å². The Morgan fingerprint density at radius 2 is 1.81 bits per heavy atom. The minimum Gasteiger partial charge on any atom is -0.462 e. The number of ether oxygens (including phenoxy) is 1. The van der Waals surface area contributed by atoms with Crippen molar-refractivity contribution in [1.29, 1.82) is 0 Å². The highest BCUT2D eigenvalue weighted by Gasteiger charge is 2.32. The van der Waals surface area contributed by atoms with Gasteiger partial charge in [0.15, 0.2) is 5.69 Å². The molecule has 36 heavy (non-hydrogen) atoms. The summed E-state index contributed by atoms with van der Waals surface area (Å²) < 4.78 is 21.1. The Kier molecular flexibility index (Phi) is 6.62. The van der Waals surface area contributed by atoms with Crippen LogP contribution >= 0.6 is 0 Å². The molecule has 8 heteroatoms. The number of cyclic esters (lactones) is 1. The summed E-state index contributed by atoms with van der Waals surface area (Å²) in [7, 11) is 0. The molecule has 0 saturated carbocycles. The van der Waals surface area contributed by atoms with Gasteiger partial charge < -0.3 is 19.3 Å². The van der Waals surface area contributed by atoms with Crippen molar-refractivity contribution < 1.29 is 23.8 Å². The van der Waals surface area contributed by atoms with Gasteiger partial charge in [0.05, 0.1) is 18.2 Å². The summed E-state index contributed by atoms with van der Waals surface area (Å²) >= 11 is 0. The minimum absolute atomic E-state index is 0.0104. The van der Waals surface area contributed by atoms with Crippen molar-refractivity contribution in [3.8, 4) is 11.4 Å². The van der Waals surface area contributed by atoms with Gasteiger partial charge in [0, 0.05) is 38.0 Å². The lowest BCUT2D eigenvalue weighted by Gasteiger charge is -2.26. The molecule has 2 aromatic carbocycles. The smallest absolute Gasteiger partial charge is 0.308 e. The first kappa shape index (κ1) is 24.2. The van der Waals surface area contributed by atoms with E-state index < -0.39 is 18.2 Å². The highest BCUT2D eigenvalue weighted by atomic mass is 19.1. The maximum absolute atomic E-state index is 13.8. The van der Waals surface area contributed by atoms with E-state index in [0.717, 1.165) is 16.8 Å². The van der Waals surface area contributed by atoms with Crippen LogP contribution in [0, 0.1) is 5.82 Å². The second-order valence-electron chi connectivity index (χ2n) is 9.91. The van der Waals surface area contributed by atoms with E-state index in [1.165, 1.54) is 12.1 Å². The van der Waals surface area contributed by atoms with E-state index in [0.29, 0.717) is 49.6 Å². The van der Waals surface area contributed by atoms with Gasteiger partial charge >= 0.3 is 5.97 Å². The molecule has 0 bridgehead atoms. The molecule has 2 aliphatic heterocycles. The fraction of sp³-hybridized carbons (Fsp3) is 0.393. The molecule has 0 unspecified atom stereocenters. The minimum atomic E-state index is -0.714. The standard InChI is InChI=1S/C28H30FN3O4/c1-17(2)26-25(28(35)31-15-19-5-3-4-6-20(19)16-31)30-27(18-7-9-21(29)10-8-18)32(26)12-11-23-13-22(33)14-24(34)36-23/h3-10,17,22-23,33H,11-16H2,1-2H3/t22-,23-/m1/s1. The summed E-state index contributed by atoms with van der Waals surface area (Å²) in [5, 5.41) is 10.0. The maximum Gasteiger partial charge on any atom is 0.308 e. The van der Waals surface area contributed by atoms with E-state index in [1.54, 1.807) is 17.0 Å². The van der Waals surface area contributed by atoms with Gasteiger partial charge in [0.1, 0.15) is 17.7 Å². The van der Waals surface area contributed by atoms with Crippen molar-refractivity contribution in [2.75, 3.05) is 0 Å². The normalized spacial score (nSPS) is 19.5. The Labute approximate surface area is 209 Å². The second-order valence-corrected chi connectivity index (χ2v) is 9.91. The number of carbonyl (C=O) groups excluding carboxylic acids is 2. The molecular weight excluding hydrogens is 461 g/mol. The number of hydrogen-bond donors (Lipinski definition) is 1. The fourth-order valence-electron chi connectivity index (χ4n) is 5.19. The lowest BCUT2D eigenvalue weighted by molar-refractivity contribution is -0.160. The zero-order valence-corrected chi connectivity index (χ0v) is 20.5. The Hall–Kier alpha value is -3.52. The van der Waals surface area contributed by atoms with Crippen LogP contribution < -0.4 is 0 Å². The predicted molar refractivity (Wildman–Crippen MR) is 131 cm³/mol. The third kappa shape index (κ3) is 4.78. The van der Waals surface area contributed by atoms with Gasteiger partial charge in [0.2, 0.25) is 0 Å². The predicted octanol–water partition coefficient (Wildman–Crippen LogP) is 4.43. The number of rotatable bonds is 6. The Morgan fingerprint density at radius 1 is 1.14 bits per heavy atom. The number of benzene rings is 2. The molecule has 1 aromatic heterocycles. The Bertz CT molecular complexity index is 1260. The van der Waals surface area contributed by atoms with Crippen molar-refractivity contribution in [3.05, 3.63) is 76.9 Å². The first-order valence-electron chi connectivity index (χ1n) is 12.4. The van der Waals surface area contributed by atoms with Gasteiger partial charge in [-0.1, -0.05) is 38.1 Å². The first-order valence-corrected chi connectivity index (χ1v) is 12.4. The molecule has 1 fully saturated rings. The average molecular weight is 492 g/mol. The number of aliphatic hydroxyl groups is 1. The Morgan fingerprint density at radius 3 is 2.42 bits per heavy atom. The summed E-state index contributed by atoms with van der Waals surface area (Å²) in [6, 6.07) is 14.1. The molecule has 0 aliphatic carbocycles. The molecule has 1 amide bonds. The summed E-state index contributed by atoms with van der Waals surface area (Å²) in [4.78, 5) is 32.2. The van der Waals surface area contributed by atoms with Crippen LogP contribution in [-0.2, 0) is 29.2 Å². The molecule has 0 radical (unpaired) electrons. The van der Waals surface area contributed by atoms with E-state index in [-0.39, 0.29) is 24.1 Å². The number of carbonyl (C=O) groups is 2. The molecule has 1 N–H and O–H groups in total. The molecule has 1 saturated heterocycles. The number of aromatic nitrogens is 2. The molecule has 188 valence electrons. The molecule has 5 rings (SSSR count). The van der Waals surface area contributed by atoms with Crippen molar-refractivity contribution in [2.24, 2.45) is 0 Å². The van der Waals surface area contributed by atoms with E-state index >= 15 is 0 Å². The van der Waals surface area contributed by atoms with Gasteiger partial charge in [0.25, 0.3) is 5.91 Å². The van der Waals surface area contributed by atoms with Crippen LogP contribution in [0.25, 0.3) is 11.4 Å². The number of imidazole rings is 1. The zero-order valence-electron chi connectivity index (χ0n) is 20.5. The zero-order chi connectivity index (χ0) is 25.4. The molecule has 3 heterocycles. The van der Waals surface area contributed by atoms with Gasteiger partial charge in [-0.3, -0.25) is 9.59 Å². The highest BCUT2D eigenvalue weighted by Crippen LogP contribution is 2.32. The molecule has 0 spiro atoms. The monoisotopic (exact) mass is 491 g/mol. The SMILES string of the molecule is CC(C)c1c(C(=O)N2Cc3ccccc3C2)nc(-c2ccc(F)cc2)n1CC[C@@H]1C[C@@H](O)CC(=O)O1. The summed E-state index contributed by atoms with van der Waals surface area (Å²) in [6.07, 6.45) is -0.279. The number of aliphatic hydroxyl groups excluding tert-OH is 1. The van der Waals surface area contributed by atoms with E-state index in [9.17, 15) is 19.1 Å². The third-order valence-electron chi connectivity index (χ3n) is 6.90. The topological polar surface area (TPSA) is 84.7 Å². The fourth-order valence-corrected chi connectivity index (χ4v) is 5.19.